The van der Waals surface area contributed by atoms with Gasteiger partial charge in [0.1, 0.15) is 42.4 Å². The number of aromatic nitrogens is 4. The van der Waals surface area contributed by atoms with Crippen molar-refractivity contribution in [1.29, 1.82) is 0 Å². The maximum Gasteiger partial charge on any atom is 0.229 e. The molecule has 0 amide bonds. The Morgan fingerprint density at radius 2 is 1.11 bits per heavy atom. The van der Waals surface area contributed by atoms with Crippen molar-refractivity contribution in [2.75, 3.05) is 6.61 Å². The third kappa shape index (κ3) is 10.0. The molecule has 0 radical (unpaired) electrons. The number of H-pyrrole nitrogens is 2. The molecule has 0 spiro atoms. The van der Waals surface area contributed by atoms with Gasteiger partial charge in [-0.3, -0.25) is 4.98 Å². The number of benzene rings is 1. The largest absolute Gasteiger partial charge is 0.462 e. The van der Waals surface area contributed by atoms with Crippen molar-refractivity contribution in [2.45, 2.75) is 160 Å². The molecule has 5 unspecified atom stereocenters. The van der Waals surface area contributed by atoms with Gasteiger partial charge in [0.25, 0.3) is 0 Å². The van der Waals surface area contributed by atoms with Gasteiger partial charge in [0.15, 0.2) is 0 Å². The Hall–Kier alpha value is -4.40. The van der Waals surface area contributed by atoms with E-state index >= 15 is 0 Å². The molecule has 8 bridgehead atoms. The minimum absolute atomic E-state index is 0.331. The third-order valence-corrected chi connectivity index (χ3v) is 12.6. The molecule has 3 aliphatic heterocycles. The van der Waals surface area contributed by atoms with E-state index in [0.717, 1.165) is 151 Å². The molecule has 334 valence electrons. The van der Waals surface area contributed by atoms with Crippen LogP contribution >= 0.6 is 0 Å². The number of ether oxygens (including phenoxy) is 2. The summed E-state index contributed by atoms with van der Waals surface area (Å²) >= 11 is 0. The molecule has 8 N–H and O–H groups in total. The molecular formula is C50H66N4O8. The van der Waals surface area contributed by atoms with Crippen LogP contribution in [0, 0.1) is 0 Å². The van der Waals surface area contributed by atoms with E-state index in [9.17, 15) is 30.6 Å². The van der Waals surface area contributed by atoms with Crippen molar-refractivity contribution in [1.82, 2.24) is 19.9 Å². The summed E-state index contributed by atoms with van der Waals surface area (Å²) in [5, 5.41) is 65.2. The fourth-order valence-electron chi connectivity index (χ4n) is 9.04. The zero-order valence-corrected chi connectivity index (χ0v) is 36.5. The normalized spacial score (nSPS) is 22.4. The Morgan fingerprint density at radius 1 is 0.581 bits per heavy atom. The molecule has 4 aromatic rings. The maximum atomic E-state index is 11.9. The van der Waals surface area contributed by atoms with Gasteiger partial charge in [0.2, 0.25) is 6.29 Å². The first-order chi connectivity index (χ1) is 30.2. The van der Waals surface area contributed by atoms with Crippen molar-refractivity contribution in [2.24, 2.45) is 0 Å². The highest BCUT2D eigenvalue weighted by Crippen LogP contribution is 2.40. The molecule has 1 saturated heterocycles. The fourth-order valence-corrected chi connectivity index (χ4v) is 9.04. The van der Waals surface area contributed by atoms with Crippen LogP contribution in [0.4, 0.5) is 0 Å². The Labute approximate surface area is 364 Å². The number of hydrogen-bond acceptors (Lipinski definition) is 10. The van der Waals surface area contributed by atoms with Gasteiger partial charge in [-0.25, -0.2) is 4.98 Å². The number of hydrogen-bond donors (Lipinski definition) is 8. The number of nitrogens with zero attached hydrogens (tertiary/aromatic N) is 2. The minimum atomic E-state index is -1.58. The van der Waals surface area contributed by atoms with Gasteiger partial charge in [-0.2, -0.15) is 0 Å². The molecule has 0 saturated carbocycles. The predicted octanol–water partition coefficient (Wildman–Crippen LogP) is 8.47. The van der Waals surface area contributed by atoms with Crippen molar-refractivity contribution in [3.63, 3.8) is 0 Å². The van der Waals surface area contributed by atoms with E-state index in [1.165, 1.54) is 0 Å². The van der Waals surface area contributed by atoms with Crippen molar-refractivity contribution >= 4 is 34.2 Å². The van der Waals surface area contributed by atoms with Crippen LogP contribution in [0.15, 0.2) is 48.5 Å². The highest BCUT2D eigenvalue weighted by Gasteiger charge is 2.44. The summed E-state index contributed by atoms with van der Waals surface area (Å²) < 4.78 is 11.8. The first kappa shape index (κ1) is 45.6. The lowest BCUT2D eigenvalue weighted by Crippen LogP contribution is -2.60. The summed E-state index contributed by atoms with van der Waals surface area (Å²) in [4.78, 5) is 18.0. The third-order valence-electron chi connectivity index (χ3n) is 12.6. The second-order valence-corrected chi connectivity index (χ2v) is 17.1. The molecule has 12 heteroatoms. The zero-order chi connectivity index (χ0) is 43.8. The van der Waals surface area contributed by atoms with E-state index in [1.54, 1.807) is 6.07 Å². The zero-order valence-electron chi connectivity index (χ0n) is 36.5. The molecule has 1 aromatic carbocycles. The second kappa shape index (κ2) is 21.3. The molecule has 62 heavy (non-hydrogen) atoms. The number of aliphatic hydroxyl groups excluding tert-OH is 6. The Kier molecular flexibility index (Phi) is 15.7. The molecule has 12 nitrogen and oxygen atoms in total. The Balaban J connectivity index is 1.47. The average molecular weight is 851 g/mol. The first-order valence-corrected chi connectivity index (χ1v) is 23.1. The molecule has 7 atom stereocenters. The van der Waals surface area contributed by atoms with Crippen LogP contribution in [0.1, 0.15) is 149 Å². The number of aromatic amines is 2. The lowest BCUT2D eigenvalue weighted by Gasteiger charge is -2.39. The van der Waals surface area contributed by atoms with Crippen molar-refractivity contribution < 1.29 is 40.1 Å². The highest BCUT2D eigenvalue weighted by atomic mass is 16.7. The number of fused-ring (bicyclic) bond motifs is 8. The SMILES string of the molecule is CCCCCCc1c2nc(c(-c3cccc(O[C@@H]4OC(CO)[C@H](O)C(O)C4O)c3)c3ccc([nH]3)c(CCCCCC)c3nc(c(CCCCCC)c4ccc1[nH]4)C(O)C3O)C=C2. The van der Waals surface area contributed by atoms with E-state index in [0.29, 0.717) is 23.6 Å². The highest BCUT2D eigenvalue weighted by molar-refractivity contribution is 5.92. The molecule has 3 aromatic heterocycles. The number of rotatable bonds is 19. The van der Waals surface area contributed by atoms with Crippen LogP contribution < -0.4 is 4.74 Å². The van der Waals surface area contributed by atoms with Crippen molar-refractivity contribution in [3.8, 4) is 16.9 Å². The summed E-state index contributed by atoms with van der Waals surface area (Å²) in [6.07, 6.45) is 9.47. The van der Waals surface area contributed by atoms with E-state index in [-0.39, 0.29) is 0 Å². The molecular weight excluding hydrogens is 785 g/mol. The van der Waals surface area contributed by atoms with Gasteiger partial charge in [0, 0.05) is 33.2 Å². The summed E-state index contributed by atoms with van der Waals surface area (Å²) in [7, 11) is 0. The van der Waals surface area contributed by atoms with Crippen LogP contribution in [0.5, 0.6) is 5.75 Å². The van der Waals surface area contributed by atoms with Crippen molar-refractivity contribution in [3.05, 3.63) is 88.0 Å². The van der Waals surface area contributed by atoms with Gasteiger partial charge in [-0.05, 0) is 104 Å². The summed E-state index contributed by atoms with van der Waals surface area (Å²) in [6.45, 7) is 6.02. The topological polar surface area (TPSA) is 197 Å². The van der Waals surface area contributed by atoms with E-state index in [2.05, 4.69) is 48.9 Å². The Bertz CT molecular complexity index is 2320. The van der Waals surface area contributed by atoms with E-state index in [1.807, 2.05) is 36.4 Å². The minimum Gasteiger partial charge on any atom is -0.462 e. The lowest BCUT2D eigenvalue weighted by molar-refractivity contribution is -0.277. The smallest absolute Gasteiger partial charge is 0.229 e. The van der Waals surface area contributed by atoms with Crippen LogP contribution in [0.3, 0.4) is 0 Å². The number of nitrogens with one attached hydrogen (secondary N) is 2. The number of unbranched alkanes of at least 4 members (excludes halogenated alkanes) is 9. The van der Waals surface area contributed by atoms with Gasteiger partial charge in [0.05, 0.1) is 29.4 Å². The number of aliphatic hydroxyl groups is 6. The average Bonchev–Trinajstić information content (AvgIpc) is 4.11. The van der Waals surface area contributed by atoms with Gasteiger partial charge < -0.3 is 50.1 Å². The summed E-state index contributed by atoms with van der Waals surface area (Å²) in [5.74, 6) is 0.331. The quantitative estimate of drug-likeness (QED) is 0.0373. The monoisotopic (exact) mass is 850 g/mol. The summed E-state index contributed by atoms with van der Waals surface area (Å²) in [6, 6.07) is 15.5. The second-order valence-electron chi connectivity index (χ2n) is 17.1. The van der Waals surface area contributed by atoms with E-state index < -0.39 is 49.5 Å². The summed E-state index contributed by atoms with van der Waals surface area (Å²) in [5.41, 5.74) is 10.4. The number of aryl methyl sites for hydroxylation is 3. The van der Waals surface area contributed by atoms with E-state index in [4.69, 9.17) is 19.4 Å². The van der Waals surface area contributed by atoms with Gasteiger partial charge in [-0.1, -0.05) is 90.7 Å². The maximum absolute atomic E-state index is 11.9. The van der Waals surface area contributed by atoms with Crippen LogP contribution in [0.2, 0.25) is 0 Å². The standard InChI is InChI=1S/C50H66N4O8/c1-4-7-10-13-19-32-35-22-23-37(51-35)33(20-14-11-8-5-2)43-46(57)47(58)44(54-43)34(21-15-12-9-6-3)38-25-27-40(53-38)42(39-26-24-36(32)52-39)30-17-16-18-31(28-30)61-50-49(60)48(59)45(56)41(29-55)62-50/h16-18,22-28,41,45-51,53,55-60H,4-15,19-21,29H2,1-3H3/t41?,45-,46?,47?,48?,49?,50+/m0/s1. The van der Waals surface area contributed by atoms with Crippen LogP contribution in [-0.2, 0) is 24.0 Å². The molecule has 7 rings (SSSR count). The molecule has 3 aliphatic rings. The fraction of sp³-hybridized carbons (Fsp3) is 0.520. The molecule has 1 fully saturated rings. The van der Waals surface area contributed by atoms with Gasteiger partial charge >= 0.3 is 0 Å². The van der Waals surface area contributed by atoms with Gasteiger partial charge in [-0.15, -0.1) is 0 Å². The molecule has 0 aliphatic carbocycles. The molecule has 6 heterocycles. The predicted molar refractivity (Wildman–Crippen MR) is 243 cm³/mol. The van der Waals surface area contributed by atoms with Crippen LogP contribution in [0.25, 0.3) is 45.3 Å². The first-order valence-electron chi connectivity index (χ1n) is 23.1. The lowest BCUT2D eigenvalue weighted by atomic mass is 9.98. The van der Waals surface area contributed by atoms with Crippen LogP contribution in [-0.4, -0.2) is 87.9 Å². The Morgan fingerprint density at radius 3 is 1.69 bits per heavy atom.